The van der Waals surface area contributed by atoms with Gasteiger partial charge in [-0.1, -0.05) is 38.5 Å². The van der Waals surface area contributed by atoms with Crippen molar-refractivity contribution < 1.29 is 24.6 Å². The summed E-state index contributed by atoms with van der Waals surface area (Å²) in [6.07, 6.45) is 8.85. The summed E-state index contributed by atoms with van der Waals surface area (Å²) in [6.45, 7) is 2.74. The number of rotatable bonds is 14. The summed E-state index contributed by atoms with van der Waals surface area (Å²) < 4.78 is 0. The lowest BCUT2D eigenvalue weighted by Crippen LogP contribution is -2.53. The number of nitrogens with one attached hydrogen (secondary N) is 1. The standard InChI is InChI=1S/C19H35N3O5/c1-14(17(23)22-13-9-11-16(22)19(26)27)21-15(18(24)25)10-7-5-3-2-4-6-8-12-20/h14-16,21H,2-13,20H2,1H3,(H,24,25)(H,26,27)/t14-,15-,16-/m0/s1. The Morgan fingerprint density at radius 3 is 2.22 bits per heavy atom. The summed E-state index contributed by atoms with van der Waals surface area (Å²) in [4.78, 5) is 36.6. The highest BCUT2D eigenvalue weighted by atomic mass is 16.4. The van der Waals surface area contributed by atoms with Gasteiger partial charge in [0, 0.05) is 6.54 Å². The van der Waals surface area contributed by atoms with Gasteiger partial charge in [-0.3, -0.25) is 14.9 Å². The maximum atomic E-state index is 12.5. The number of carboxylic acids is 2. The third-order valence-corrected chi connectivity index (χ3v) is 5.14. The number of hydrogen-bond acceptors (Lipinski definition) is 5. The second-order valence-electron chi connectivity index (χ2n) is 7.36. The third kappa shape index (κ3) is 8.26. The highest BCUT2D eigenvalue weighted by molar-refractivity contribution is 5.88. The number of carbonyl (C=O) groups excluding carboxylic acids is 1. The number of carbonyl (C=O) groups is 3. The zero-order valence-corrected chi connectivity index (χ0v) is 16.4. The first-order valence-electron chi connectivity index (χ1n) is 10.1. The van der Waals surface area contributed by atoms with Gasteiger partial charge in [0.2, 0.25) is 5.91 Å². The van der Waals surface area contributed by atoms with Crippen molar-refractivity contribution in [2.45, 2.75) is 89.3 Å². The first-order valence-corrected chi connectivity index (χ1v) is 10.1. The summed E-state index contributed by atoms with van der Waals surface area (Å²) in [6, 6.07) is -2.32. The van der Waals surface area contributed by atoms with Crippen LogP contribution in [-0.4, -0.2) is 64.2 Å². The summed E-state index contributed by atoms with van der Waals surface area (Å²) >= 11 is 0. The van der Waals surface area contributed by atoms with Crippen molar-refractivity contribution in [2.24, 2.45) is 5.73 Å². The fourth-order valence-electron chi connectivity index (χ4n) is 3.56. The molecule has 8 heteroatoms. The van der Waals surface area contributed by atoms with Crippen LogP contribution in [0, 0.1) is 0 Å². The maximum absolute atomic E-state index is 12.5. The second-order valence-corrected chi connectivity index (χ2v) is 7.36. The molecule has 1 aliphatic heterocycles. The number of unbranched alkanes of at least 4 members (excludes halogenated alkanes) is 6. The van der Waals surface area contributed by atoms with Crippen molar-refractivity contribution in [3.05, 3.63) is 0 Å². The van der Waals surface area contributed by atoms with E-state index >= 15 is 0 Å². The summed E-state index contributed by atoms with van der Waals surface area (Å²) in [5.74, 6) is -2.32. The van der Waals surface area contributed by atoms with Crippen LogP contribution < -0.4 is 11.1 Å². The van der Waals surface area contributed by atoms with E-state index in [1.165, 1.54) is 4.90 Å². The molecule has 27 heavy (non-hydrogen) atoms. The van der Waals surface area contributed by atoms with Crippen LogP contribution in [0.1, 0.15) is 71.1 Å². The zero-order chi connectivity index (χ0) is 20.2. The maximum Gasteiger partial charge on any atom is 0.326 e. The van der Waals surface area contributed by atoms with E-state index in [1.54, 1.807) is 6.92 Å². The molecule has 0 unspecified atom stereocenters. The third-order valence-electron chi connectivity index (χ3n) is 5.14. The van der Waals surface area contributed by atoms with Crippen molar-refractivity contribution >= 4 is 17.8 Å². The van der Waals surface area contributed by atoms with Gasteiger partial charge in [0.05, 0.1) is 6.04 Å². The first-order chi connectivity index (χ1) is 12.9. The Hall–Kier alpha value is -1.67. The van der Waals surface area contributed by atoms with E-state index in [2.05, 4.69) is 5.32 Å². The monoisotopic (exact) mass is 385 g/mol. The van der Waals surface area contributed by atoms with Crippen LogP contribution in [0.4, 0.5) is 0 Å². The number of likely N-dealkylation sites (tertiary alicyclic amines) is 1. The average Bonchev–Trinajstić information content (AvgIpc) is 3.11. The SMILES string of the molecule is C[C@H](N[C@@H](CCCCCCCCCN)C(=O)O)C(=O)N1CCC[C@H]1C(=O)O. The summed E-state index contributed by atoms with van der Waals surface area (Å²) in [5.41, 5.74) is 5.46. The number of nitrogens with zero attached hydrogens (tertiary/aromatic N) is 1. The van der Waals surface area contributed by atoms with Gasteiger partial charge in [-0.15, -0.1) is 0 Å². The van der Waals surface area contributed by atoms with Crippen LogP contribution in [0.5, 0.6) is 0 Å². The lowest BCUT2D eigenvalue weighted by Gasteiger charge is -2.27. The Balaban J connectivity index is 2.37. The molecule has 156 valence electrons. The second kappa shape index (κ2) is 12.7. The zero-order valence-electron chi connectivity index (χ0n) is 16.4. The number of amides is 1. The van der Waals surface area contributed by atoms with Crippen LogP contribution in [0.3, 0.4) is 0 Å². The van der Waals surface area contributed by atoms with Crippen molar-refractivity contribution in [1.29, 1.82) is 0 Å². The molecule has 0 bridgehead atoms. The normalized spacial score (nSPS) is 19.0. The highest BCUT2D eigenvalue weighted by Crippen LogP contribution is 2.19. The molecule has 5 N–H and O–H groups in total. The van der Waals surface area contributed by atoms with Crippen LogP contribution in [0.25, 0.3) is 0 Å². The van der Waals surface area contributed by atoms with E-state index < -0.39 is 30.1 Å². The van der Waals surface area contributed by atoms with Crippen molar-refractivity contribution in [2.75, 3.05) is 13.1 Å². The van der Waals surface area contributed by atoms with E-state index in [1.807, 2.05) is 0 Å². The van der Waals surface area contributed by atoms with Gasteiger partial charge in [0.1, 0.15) is 12.1 Å². The van der Waals surface area contributed by atoms with Gasteiger partial charge in [-0.2, -0.15) is 0 Å². The van der Waals surface area contributed by atoms with Gasteiger partial charge >= 0.3 is 11.9 Å². The molecule has 0 aromatic carbocycles. The van der Waals surface area contributed by atoms with Gasteiger partial charge in [-0.25, -0.2) is 4.79 Å². The molecule has 1 saturated heterocycles. The highest BCUT2D eigenvalue weighted by Gasteiger charge is 2.36. The van der Waals surface area contributed by atoms with Crippen LogP contribution in [0.15, 0.2) is 0 Å². The molecule has 8 nitrogen and oxygen atoms in total. The minimum atomic E-state index is -1.01. The molecule has 1 fully saturated rings. The van der Waals surface area contributed by atoms with Gasteiger partial charge in [-0.05, 0) is 39.2 Å². The molecule has 0 saturated carbocycles. The predicted octanol–water partition coefficient (Wildman–Crippen LogP) is 1.57. The van der Waals surface area contributed by atoms with E-state index in [0.29, 0.717) is 25.8 Å². The topological polar surface area (TPSA) is 133 Å². The molecule has 0 aromatic rings. The number of aliphatic carboxylic acids is 2. The van der Waals surface area contributed by atoms with Gasteiger partial charge < -0.3 is 20.8 Å². The number of carboxylic acid groups (broad SMARTS) is 2. The molecular weight excluding hydrogens is 350 g/mol. The molecule has 1 heterocycles. The van der Waals surface area contributed by atoms with Gasteiger partial charge in [0.25, 0.3) is 0 Å². The molecule has 1 rings (SSSR count). The molecule has 1 aliphatic rings. The quantitative estimate of drug-likeness (QED) is 0.334. The van der Waals surface area contributed by atoms with E-state index in [9.17, 15) is 24.6 Å². The molecule has 3 atom stereocenters. The molecule has 1 amide bonds. The lowest BCUT2D eigenvalue weighted by molar-refractivity contribution is -0.149. The van der Waals surface area contributed by atoms with Crippen LogP contribution in [-0.2, 0) is 14.4 Å². The van der Waals surface area contributed by atoms with E-state index in [0.717, 1.165) is 51.5 Å². The molecule has 0 radical (unpaired) electrons. The Morgan fingerprint density at radius 2 is 1.67 bits per heavy atom. The molecular formula is C19H35N3O5. The Kier molecular flexibility index (Phi) is 11.0. The first kappa shape index (κ1) is 23.4. The Morgan fingerprint density at radius 1 is 1.07 bits per heavy atom. The van der Waals surface area contributed by atoms with Crippen LogP contribution in [0.2, 0.25) is 0 Å². The Bertz CT molecular complexity index is 486. The minimum absolute atomic E-state index is 0.342. The molecule has 0 spiro atoms. The Labute approximate surface area is 161 Å². The van der Waals surface area contributed by atoms with E-state index in [-0.39, 0.29) is 5.91 Å². The number of hydrogen-bond donors (Lipinski definition) is 4. The van der Waals surface area contributed by atoms with Crippen molar-refractivity contribution in [3.63, 3.8) is 0 Å². The molecule has 0 aromatic heterocycles. The minimum Gasteiger partial charge on any atom is -0.480 e. The fourth-order valence-corrected chi connectivity index (χ4v) is 3.56. The predicted molar refractivity (Wildman–Crippen MR) is 102 cm³/mol. The summed E-state index contributed by atoms with van der Waals surface area (Å²) in [7, 11) is 0. The average molecular weight is 386 g/mol. The van der Waals surface area contributed by atoms with E-state index in [4.69, 9.17) is 5.73 Å². The lowest BCUT2D eigenvalue weighted by atomic mass is 10.0. The summed E-state index contributed by atoms with van der Waals surface area (Å²) in [5, 5.41) is 21.5. The fraction of sp³-hybridized carbons (Fsp3) is 0.842. The van der Waals surface area contributed by atoms with Crippen molar-refractivity contribution in [1.82, 2.24) is 10.2 Å². The largest absolute Gasteiger partial charge is 0.480 e. The van der Waals surface area contributed by atoms with Crippen LogP contribution >= 0.6 is 0 Å². The van der Waals surface area contributed by atoms with Gasteiger partial charge in [0.15, 0.2) is 0 Å². The molecule has 0 aliphatic carbocycles. The smallest absolute Gasteiger partial charge is 0.326 e. The van der Waals surface area contributed by atoms with Crippen molar-refractivity contribution in [3.8, 4) is 0 Å². The number of nitrogens with two attached hydrogens (primary N) is 1.